The summed E-state index contributed by atoms with van der Waals surface area (Å²) in [5, 5.41) is 0. The minimum atomic E-state index is -0.363. The number of benzene rings is 2. The third kappa shape index (κ3) is 4.94. The molecule has 142 valence electrons. The van der Waals surface area contributed by atoms with Gasteiger partial charge in [-0.05, 0) is 53.6 Å². The molecule has 1 aromatic heterocycles. The van der Waals surface area contributed by atoms with Crippen LogP contribution >= 0.6 is 0 Å². The fourth-order valence-electron chi connectivity index (χ4n) is 2.48. The number of rotatable bonds is 7. The number of methoxy groups -OCH3 is 2. The van der Waals surface area contributed by atoms with Gasteiger partial charge in [0.05, 0.1) is 31.7 Å². The SMILES string of the molecule is COC(=O)c1ccc(COc2ccc(C=Nc3cccnc3)cc2OC)cc1. The maximum atomic E-state index is 11.5. The van der Waals surface area contributed by atoms with Gasteiger partial charge in [0.15, 0.2) is 11.5 Å². The molecule has 3 aromatic rings. The van der Waals surface area contributed by atoms with E-state index >= 15 is 0 Å². The highest BCUT2D eigenvalue weighted by atomic mass is 16.5. The van der Waals surface area contributed by atoms with Crippen molar-refractivity contribution in [1.29, 1.82) is 0 Å². The van der Waals surface area contributed by atoms with Crippen molar-refractivity contribution >= 4 is 17.9 Å². The number of esters is 1. The number of hydrogen-bond acceptors (Lipinski definition) is 6. The minimum Gasteiger partial charge on any atom is -0.493 e. The molecule has 1 heterocycles. The third-order valence-electron chi connectivity index (χ3n) is 3.97. The van der Waals surface area contributed by atoms with Crippen LogP contribution in [0.3, 0.4) is 0 Å². The van der Waals surface area contributed by atoms with Crippen molar-refractivity contribution < 1.29 is 19.0 Å². The average Bonchev–Trinajstić information content (AvgIpc) is 2.77. The Balaban J connectivity index is 1.67. The smallest absolute Gasteiger partial charge is 0.337 e. The number of aromatic nitrogens is 1. The van der Waals surface area contributed by atoms with E-state index in [0.29, 0.717) is 23.7 Å². The lowest BCUT2D eigenvalue weighted by Gasteiger charge is -2.11. The Morgan fingerprint density at radius 1 is 1.07 bits per heavy atom. The van der Waals surface area contributed by atoms with Gasteiger partial charge in [-0.2, -0.15) is 0 Å². The monoisotopic (exact) mass is 376 g/mol. The summed E-state index contributed by atoms with van der Waals surface area (Å²) in [6.45, 7) is 0.348. The summed E-state index contributed by atoms with van der Waals surface area (Å²) >= 11 is 0. The molecule has 0 aliphatic heterocycles. The Hall–Kier alpha value is -3.67. The molecule has 2 aromatic carbocycles. The highest BCUT2D eigenvalue weighted by Gasteiger charge is 2.07. The lowest BCUT2D eigenvalue weighted by Crippen LogP contribution is -2.02. The van der Waals surface area contributed by atoms with Gasteiger partial charge in [-0.3, -0.25) is 9.98 Å². The first-order valence-corrected chi connectivity index (χ1v) is 8.62. The summed E-state index contributed by atoms with van der Waals surface area (Å²) in [7, 11) is 2.95. The topological polar surface area (TPSA) is 70.0 Å². The quantitative estimate of drug-likeness (QED) is 0.456. The molecular formula is C22H20N2O4. The van der Waals surface area contributed by atoms with Crippen molar-refractivity contribution in [1.82, 2.24) is 4.98 Å². The normalized spacial score (nSPS) is 10.6. The molecule has 0 unspecified atom stereocenters. The minimum absolute atomic E-state index is 0.348. The molecule has 0 fully saturated rings. The molecule has 6 nitrogen and oxygen atoms in total. The summed E-state index contributed by atoms with van der Waals surface area (Å²) in [4.78, 5) is 19.9. The van der Waals surface area contributed by atoms with Gasteiger partial charge in [0.2, 0.25) is 0 Å². The van der Waals surface area contributed by atoms with Crippen LogP contribution in [0.2, 0.25) is 0 Å². The summed E-state index contributed by atoms with van der Waals surface area (Å²) in [5.41, 5.74) is 3.09. The predicted molar refractivity (Wildman–Crippen MR) is 107 cm³/mol. The molecule has 0 amide bonds. The fourth-order valence-corrected chi connectivity index (χ4v) is 2.48. The molecule has 6 heteroatoms. The van der Waals surface area contributed by atoms with Crippen molar-refractivity contribution in [3.05, 3.63) is 83.7 Å². The Kier molecular flexibility index (Phi) is 6.36. The van der Waals surface area contributed by atoms with Gasteiger partial charge in [0, 0.05) is 12.4 Å². The number of ether oxygens (including phenoxy) is 3. The van der Waals surface area contributed by atoms with Gasteiger partial charge in [-0.15, -0.1) is 0 Å². The molecule has 0 atom stereocenters. The summed E-state index contributed by atoms with van der Waals surface area (Å²) < 4.78 is 16.0. The van der Waals surface area contributed by atoms with Crippen LogP contribution in [0.4, 0.5) is 5.69 Å². The molecule has 0 saturated heterocycles. The van der Waals surface area contributed by atoms with E-state index in [1.165, 1.54) is 7.11 Å². The van der Waals surface area contributed by atoms with Gasteiger partial charge in [0.25, 0.3) is 0 Å². The van der Waals surface area contributed by atoms with Crippen LogP contribution in [0.5, 0.6) is 11.5 Å². The first kappa shape index (κ1) is 19.1. The lowest BCUT2D eigenvalue weighted by atomic mass is 10.1. The van der Waals surface area contributed by atoms with E-state index in [9.17, 15) is 4.79 Å². The Bertz CT molecular complexity index is 954. The van der Waals surface area contributed by atoms with E-state index in [4.69, 9.17) is 14.2 Å². The molecule has 0 radical (unpaired) electrons. The Labute approximate surface area is 163 Å². The standard InChI is InChI=1S/C22H20N2O4/c1-26-21-12-17(13-24-19-4-3-11-23-14-19)7-10-20(21)28-15-16-5-8-18(9-6-16)22(25)27-2/h3-14H,15H2,1-2H3. The summed E-state index contributed by atoms with van der Waals surface area (Å²) in [6, 6.07) is 16.4. The fraction of sp³-hybridized carbons (Fsp3) is 0.136. The Morgan fingerprint density at radius 3 is 2.57 bits per heavy atom. The van der Waals surface area contributed by atoms with Crippen LogP contribution in [0.15, 0.2) is 72.0 Å². The number of hydrogen-bond donors (Lipinski definition) is 0. The van der Waals surface area contributed by atoms with Crippen LogP contribution in [0, 0.1) is 0 Å². The van der Waals surface area contributed by atoms with Crippen LogP contribution in [0.25, 0.3) is 0 Å². The number of nitrogens with zero attached hydrogens (tertiary/aromatic N) is 2. The number of pyridine rings is 1. The number of carbonyl (C=O) groups is 1. The first-order chi connectivity index (χ1) is 13.7. The van der Waals surface area contributed by atoms with Crippen LogP contribution in [-0.4, -0.2) is 31.4 Å². The van der Waals surface area contributed by atoms with E-state index < -0.39 is 0 Å². The van der Waals surface area contributed by atoms with E-state index in [0.717, 1.165) is 16.8 Å². The van der Waals surface area contributed by atoms with Crippen LogP contribution < -0.4 is 9.47 Å². The van der Waals surface area contributed by atoms with E-state index in [1.807, 2.05) is 42.5 Å². The van der Waals surface area contributed by atoms with E-state index in [1.54, 1.807) is 37.9 Å². The average molecular weight is 376 g/mol. The van der Waals surface area contributed by atoms with E-state index in [2.05, 4.69) is 9.98 Å². The maximum Gasteiger partial charge on any atom is 0.337 e. The van der Waals surface area contributed by atoms with Gasteiger partial charge in [-0.1, -0.05) is 12.1 Å². The second-order valence-corrected chi connectivity index (χ2v) is 5.86. The second kappa shape index (κ2) is 9.32. The van der Waals surface area contributed by atoms with Crippen LogP contribution in [0.1, 0.15) is 21.5 Å². The van der Waals surface area contributed by atoms with Crippen LogP contribution in [-0.2, 0) is 11.3 Å². The van der Waals surface area contributed by atoms with Crippen molar-refractivity contribution in [3.63, 3.8) is 0 Å². The molecule has 0 aliphatic rings. The zero-order chi connectivity index (χ0) is 19.8. The molecule has 28 heavy (non-hydrogen) atoms. The molecule has 0 spiro atoms. The van der Waals surface area contributed by atoms with Gasteiger partial charge in [-0.25, -0.2) is 4.79 Å². The molecule has 0 N–H and O–H groups in total. The lowest BCUT2D eigenvalue weighted by molar-refractivity contribution is 0.0600. The molecule has 0 saturated carbocycles. The first-order valence-electron chi connectivity index (χ1n) is 8.62. The number of aliphatic imine (C=N–C) groups is 1. The third-order valence-corrected chi connectivity index (χ3v) is 3.97. The van der Waals surface area contributed by atoms with Gasteiger partial charge >= 0.3 is 5.97 Å². The van der Waals surface area contributed by atoms with Crippen molar-refractivity contribution in [3.8, 4) is 11.5 Å². The molecule has 0 bridgehead atoms. The number of carbonyl (C=O) groups excluding carboxylic acids is 1. The largest absolute Gasteiger partial charge is 0.493 e. The summed E-state index contributed by atoms with van der Waals surface area (Å²) in [5.74, 6) is 0.872. The van der Waals surface area contributed by atoms with Crippen molar-refractivity contribution in [2.24, 2.45) is 4.99 Å². The zero-order valence-corrected chi connectivity index (χ0v) is 15.7. The van der Waals surface area contributed by atoms with Crippen molar-refractivity contribution in [2.45, 2.75) is 6.61 Å². The maximum absolute atomic E-state index is 11.5. The Morgan fingerprint density at radius 2 is 1.89 bits per heavy atom. The highest BCUT2D eigenvalue weighted by molar-refractivity contribution is 5.89. The second-order valence-electron chi connectivity index (χ2n) is 5.86. The summed E-state index contributed by atoms with van der Waals surface area (Å²) in [6.07, 6.45) is 5.14. The molecular weight excluding hydrogens is 356 g/mol. The van der Waals surface area contributed by atoms with E-state index in [-0.39, 0.29) is 5.97 Å². The molecule has 3 rings (SSSR count). The highest BCUT2D eigenvalue weighted by Crippen LogP contribution is 2.28. The predicted octanol–water partition coefficient (Wildman–Crippen LogP) is 4.21. The van der Waals surface area contributed by atoms with Crippen molar-refractivity contribution in [2.75, 3.05) is 14.2 Å². The zero-order valence-electron chi connectivity index (χ0n) is 15.7. The van der Waals surface area contributed by atoms with Gasteiger partial charge < -0.3 is 14.2 Å². The molecule has 0 aliphatic carbocycles. The van der Waals surface area contributed by atoms with Gasteiger partial charge in [0.1, 0.15) is 6.61 Å².